The number of amides is 1. The molecule has 0 unspecified atom stereocenters. The standard InChI is InChI=1S/C20H22N6O2/c1-14-7-15(2)9-16(8-14)24-20(27)17-11-26(13-23-17)19-10-18(21-12-22-19)25-3-5-28-6-4-25/h7-13H,3-6H2,1-2H3,(H,24,27). The molecule has 1 fully saturated rings. The van der Waals surface area contributed by atoms with Gasteiger partial charge in [0.05, 0.1) is 13.2 Å². The van der Waals surface area contributed by atoms with Gasteiger partial charge in [0.1, 0.15) is 30.0 Å². The van der Waals surface area contributed by atoms with E-state index in [1.807, 2.05) is 32.0 Å². The van der Waals surface area contributed by atoms with Crippen LogP contribution in [0.25, 0.3) is 5.82 Å². The van der Waals surface area contributed by atoms with E-state index >= 15 is 0 Å². The molecule has 2 aromatic heterocycles. The number of aryl methyl sites for hydroxylation is 2. The van der Waals surface area contributed by atoms with Gasteiger partial charge in [-0.15, -0.1) is 0 Å². The maximum Gasteiger partial charge on any atom is 0.275 e. The van der Waals surface area contributed by atoms with E-state index in [1.165, 1.54) is 6.33 Å². The Balaban J connectivity index is 1.51. The van der Waals surface area contributed by atoms with E-state index in [0.717, 1.165) is 35.7 Å². The van der Waals surface area contributed by atoms with Crippen LogP contribution in [0.3, 0.4) is 0 Å². The number of benzene rings is 1. The van der Waals surface area contributed by atoms with E-state index < -0.39 is 0 Å². The highest BCUT2D eigenvalue weighted by molar-refractivity contribution is 6.02. The number of carbonyl (C=O) groups excluding carboxylic acids is 1. The van der Waals surface area contributed by atoms with Crippen LogP contribution in [-0.4, -0.2) is 51.7 Å². The summed E-state index contributed by atoms with van der Waals surface area (Å²) >= 11 is 0. The van der Waals surface area contributed by atoms with Crippen molar-refractivity contribution in [3.05, 3.63) is 59.9 Å². The third kappa shape index (κ3) is 4.01. The first kappa shape index (κ1) is 18.1. The molecule has 144 valence electrons. The third-order valence-corrected chi connectivity index (χ3v) is 4.53. The highest BCUT2D eigenvalue weighted by atomic mass is 16.5. The van der Waals surface area contributed by atoms with E-state index in [4.69, 9.17) is 4.74 Å². The van der Waals surface area contributed by atoms with Crippen molar-refractivity contribution in [2.45, 2.75) is 13.8 Å². The van der Waals surface area contributed by atoms with Crippen LogP contribution in [0, 0.1) is 13.8 Å². The SMILES string of the molecule is Cc1cc(C)cc(NC(=O)c2cn(-c3cc(N4CCOCC4)ncn3)cn2)c1. The minimum Gasteiger partial charge on any atom is -0.378 e. The van der Waals surface area contributed by atoms with Crippen molar-refractivity contribution in [3.8, 4) is 5.82 Å². The van der Waals surface area contributed by atoms with Gasteiger partial charge in [-0.05, 0) is 37.1 Å². The highest BCUT2D eigenvalue weighted by Gasteiger charge is 2.15. The number of nitrogens with one attached hydrogen (secondary N) is 1. The molecule has 0 atom stereocenters. The number of carbonyl (C=O) groups is 1. The molecule has 3 heterocycles. The van der Waals surface area contributed by atoms with Gasteiger partial charge in [-0.1, -0.05) is 6.07 Å². The summed E-state index contributed by atoms with van der Waals surface area (Å²) in [7, 11) is 0. The Morgan fingerprint density at radius 3 is 2.46 bits per heavy atom. The zero-order valence-corrected chi connectivity index (χ0v) is 15.9. The molecule has 1 N–H and O–H groups in total. The van der Waals surface area contributed by atoms with Crippen molar-refractivity contribution in [3.63, 3.8) is 0 Å². The summed E-state index contributed by atoms with van der Waals surface area (Å²) in [4.78, 5) is 27.6. The Hall–Kier alpha value is -3.26. The lowest BCUT2D eigenvalue weighted by molar-refractivity contribution is 0.102. The molecule has 3 aromatic rings. The number of morpholine rings is 1. The first-order chi connectivity index (χ1) is 13.6. The Morgan fingerprint density at radius 2 is 1.71 bits per heavy atom. The van der Waals surface area contributed by atoms with Gasteiger partial charge in [-0.3, -0.25) is 9.36 Å². The number of hydrogen-bond donors (Lipinski definition) is 1. The molecular weight excluding hydrogens is 356 g/mol. The molecule has 1 aliphatic heterocycles. The number of nitrogens with zero attached hydrogens (tertiary/aromatic N) is 5. The lowest BCUT2D eigenvalue weighted by Gasteiger charge is -2.27. The van der Waals surface area contributed by atoms with Crippen molar-refractivity contribution >= 4 is 17.4 Å². The van der Waals surface area contributed by atoms with E-state index in [2.05, 4.69) is 31.2 Å². The normalized spacial score (nSPS) is 14.1. The third-order valence-electron chi connectivity index (χ3n) is 4.53. The van der Waals surface area contributed by atoms with Crippen LogP contribution in [0.5, 0.6) is 0 Å². The van der Waals surface area contributed by atoms with Crippen LogP contribution in [-0.2, 0) is 4.74 Å². The topological polar surface area (TPSA) is 85.2 Å². The van der Waals surface area contributed by atoms with Crippen LogP contribution >= 0.6 is 0 Å². The van der Waals surface area contributed by atoms with Gasteiger partial charge >= 0.3 is 0 Å². The molecular formula is C20H22N6O2. The zero-order chi connectivity index (χ0) is 19.5. The van der Waals surface area contributed by atoms with Crippen molar-refractivity contribution in [2.75, 3.05) is 36.5 Å². The Kier molecular flexibility index (Phi) is 5.03. The monoisotopic (exact) mass is 378 g/mol. The molecule has 0 aliphatic carbocycles. The van der Waals surface area contributed by atoms with Crippen molar-refractivity contribution in [2.24, 2.45) is 0 Å². The molecule has 1 saturated heterocycles. The van der Waals surface area contributed by atoms with Crippen molar-refractivity contribution < 1.29 is 9.53 Å². The van der Waals surface area contributed by atoms with Crippen molar-refractivity contribution in [1.82, 2.24) is 19.5 Å². The summed E-state index contributed by atoms with van der Waals surface area (Å²) < 4.78 is 7.11. The van der Waals surface area contributed by atoms with Gasteiger partial charge in [-0.2, -0.15) is 0 Å². The van der Waals surface area contributed by atoms with Crippen LogP contribution in [0.1, 0.15) is 21.6 Å². The number of rotatable bonds is 4. The van der Waals surface area contributed by atoms with E-state index in [1.54, 1.807) is 17.1 Å². The minimum absolute atomic E-state index is 0.258. The van der Waals surface area contributed by atoms with Crippen LogP contribution in [0.2, 0.25) is 0 Å². The molecule has 0 spiro atoms. The smallest absolute Gasteiger partial charge is 0.275 e. The average molecular weight is 378 g/mol. The lowest BCUT2D eigenvalue weighted by atomic mass is 10.1. The second-order valence-electron chi connectivity index (χ2n) is 6.83. The fourth-order valence-electron chi connectivity index (χ4n) is 3.25. The highest BCUT2D eigenvalue weighted by Crippen LogP contribution is 2.17. The minimum atomic E-state index is -0.258. The van der Waals surface area contributed by atoms with Crippen LogP contribution < -0.4 is 10.2 Å². The predicted molar refractivity (Wildman–Crippen MR) is 106 cm³/mol. The van der Waals surface area contributed by atoms with Crippen LogP contribution in [0.4, 0.5) is 11.5 Å². The predicted octanol–water partition coefficient (Wildman–Crippen LogP) is 2.37. The number of imidazole rings is 1. The van der Waals surface area contributed by atoms with E-state index in [-0.39, 0.29) is 5.91 Å². The second kappa shape index (κ2) is 7.77. The number of anilines is 2. The molecule has 0 saturated carbocycles. The summed E-state index contributed by atoms with van der Waals surface area (Å²) in [5.74, 6) is 1.24. The van der Waals surface area contributed by atoms with E-state index in [0.29, 0.717) is 24.7 Å². The average Bonchev–Trinajstić information content (AvgIpc) is 3.18. The molecule has 4 rings (SSSR count). The quantitative estimate of drug-likeness (QED) is 0.750. The maximum absolute atomic E-state index is 12.6. The molecule has 8 heteroatoms. The molecule has 1 amide bonds. The van der Waals surface area contributed by atoms with Crippen LogP contribution in [0.15, 0.2) is 43.1 Å². The molecule has 1 aliphatic rings. The van der Waals surface area contributed by atoms with Crippen molar-refractivity contribution in [1.29, 1.82) is 0 Å². The fraction of sp³-hybridized carbons (Fsp3) is 0.300. The zero-order valence-electron chi connectivity index (χ0n) is 15.9. The largest absolute Gasteiger partial charge is 0.378 e. The first-order valence-electron chi connectivity index (χ1n) is 9.17. The molecule has 8 nitrogen and oxygen atoms in total. The molecule has 0 radical (unpaired) electrons. The summed E-state index contributed by atoms with van der Waals surface area (Å²) in [6.07, 6.45) is 4.78. The molecule has 28 heavy (non-hydrogen) atoms. The van der Waals surface area contributed by atoms with Gasteiger partial charge in [0, 0.05) is 31.0 Å². The summed E-state index contributed by atoms with van der Waals surface area (Å²) in [5, 5.41) is 2.90. The summed E-state index contributed by atoms with van der Waals surface area (Å²) in [5.41, 5.74) is 3.27. The number of aromatic nitrogens is 4. The Morgan fingerprint density at radius 1 is 1.00 bits per heavy atom. The second-order valence-corrected chi connectivity index (χ2v) is 6.83. The number of hydrogen-bond acceptors (Lipinski definition) is 6. The first-order valence-corrected chi connectivity index (χ1v) is 9.17. The lowest BCUT2D eigenvalue weighted by Crippen LogP contribution is -2.36. The summed E-state index contributed by atoms with van der Waals surface area (Å²) in [6.45, 7) is 6.96. The van der Waals surface area contributed by atoms with Gasteiger partial charge in [0.25, 0.3) is 5.91 Å². The number of ether oxygens (including phenoxy) is 1. The van der Waals surface area contributed by atoms with Gasteiger partial charge in [0.15, 0.2) is 0 Å². The van der Waals surface area contributed by atoms with E-state index in [9.17, 15) is 4.79 Å². The molecule has 1 aromatic carbocycles. The maximum atomic E-state index is 12.6. The fourth-order valence-corrected chi connectivity index (χ4v) is 3.25. The Bertz CT molecular complexity index is 974. The Labute approximate surface area is 163 Å². The molecule has 0 bridgehead atoms. The summed E-state index contributed by atoms with van der Waals surface area (Å²) in [6, 6.07) is 7.81. The van der Waals surface area contributed by atoms with Gasteiger partial charge in [0.2, 0.25) is 0 Å². The van der Waals surface area contributed by atoms with Gasteiger partial charge < -0.3 is 15.0 Å². The van der Waals surface area contributed by atoms with Gasteiger partial charge in [-0.25, -0.2) is 15.0 Å².